The summed E-state index contributed by atoms with van der Waals surface area (Å²) >= 11 is 12.5. The highest BCUT2D eigenvalue weighted by molar-refractivity contribution is 6.42. The SMILES string of the molecule is CC(C)NCC1(Cc2cccc(Cl)c2Cl)CCOC1C. The summed E-state index contributed by atoms with van der Waals surface area (Å²) in [4.78, 5) is 0. The minimum atomic E-state index is 0.0958. The minimum Gasteiger partial charge on any atom is -0.378 e. The van der Waals surface area contributed by atoms with Crippen LogP contribution in [0.4, 0.5) is 0 Å². The smallest absolute Gasteiger partial charge is 0.0624 e. The first-order chi connectivity index (χ1) is 9.44. The second-order valence-electron chi connectivity index (χ2n) is 6.05. The van der Waals surface area contributed by atoms with Gasteiger partial charge in [0.1, 0.15) is 0 Å². The van der Waals surface area contributed by atoms with Crippen LogP contribution in [0.3, 0.4) is 0 Å². The Bertz CT molecular complexity index is 464. The van der Waals surface area contributed by atoms with Gasteiger partial charge in [0.15, 0.2) is 0 Å². The third kappa shape index (κ3) is 3.48. The van der Waals surface area contributed by atoms with E-state index in [9.17, 15) is 0 Å². The number of rotatable bonds is 5. The molecule has 2 atom stereocenters. The van der Waals surface area contributed by atoms with Gasteiger partial charge in [0.25, 0.3) is 0 Å². The summed E-state index contributed by atoms with van der Waals surface area (Å²) < 4.78 is 5.83. The topological polar surface area (TPSA) is 21.3 Å². The zero-order chi connectivity index (χ0) is 14.8. The van der Waals surface area contributed by atoms with E-state index >= 15 is 0 Å². The standard InChI is InChI=1S/C16H23Cl2NO/c1-11(2)19-10-16(7-8-20-12(16)3)9-13-5-4-6-14(17)15(13)18/h4-6,11-12,19H,7-10H2,1-3H3. The summed E-state index contributed by atoms with van der Waals surface area (Å²) in [7, 11) is 0. The molecule has 0 aromatic heterocycles. The zero-order valence-corrected chi connectivity index (χ0v) is 13.9. The van der Waals surface area contributed by atoms with Crippen LogP contribution in [-0.4, -0.2) is 25.3 Å². The molecule has 1 aliphatic heterocycles. The van der Waals surface area contributed by atoms with Crippen molar-refractivity contribution in [2.24, 2.45) is 5.41 Å². The molecule has 0 saturated carbocycles. The molecule has 1 aliphatic rings. The van der Waals surface area contributed by atoms with E-state index in [0.29, 0.717) is 16.1 Å². The van der Waals surface area contributed by atoms with Gasteiger partial charge in [-0.3, -0.25) is 0 Å². The third-order valence-corrected chi connectivity index (χ3v) is 5.12. The summed E-state index contributed by atoms with van der Waals surface area (Å²) in [6.45, 7) is 8.25. The van der Waals surface area contributed by atoms with Crippen LogP contribution in [-0.2, 0) is 11.2 Å². The maximum atomic E-state index is 6.35. The molecular weight excluding hydrogens is 293 g/mol. The molecule has 0 aliphatic carbocycles. The summed E-state index contributed by atoms with van der Waals surface area (Å²) in [6.07, 6.45) is 2.17. The molecule has 1 aromatic rings. The lowest BCUT2D eigenvalue weighted by Crippen LogP contribution is -2.43. The Balaban J connectivity index is 2.22. The lowest BCUT2D eigenvalue weighted by Gasteiger charge is -2.34. The van der Waals surface area contributed by atoms with Crippen molar-refractivity contribution in [3.05, 3.63) is 33.8 Å². The molecule has 20 heavy (non-hydrogen) atoms. The number of hydrogen-bond donors (Lipinski definition) is 1. The highest BCUT2D eigenvalue weighted by Gasteiger charge is 2.41. The van der Waals surface area contributed by atoms with E-state index in [2.05, 4.69) is 32.2 Å². The van der Waals surface area contributed by atoms with Crippen molar-refractivity contribution < 1.29 is 4.74 Å². The predicted molar refractivity (Wildman–Crippen MR) is 85.8 cm³/mol. The second kappa shape index (κ2) is 6.65. The lowest BCUT2D eigenvalue weighted by molar-refractivity contribution is 0.0621. The van der Waals surface area contributed by atoms with Gasteiger partial charge in [-0.2, -0.15) is 0 Å². The molecule has 112 valence electrons. The van der Waals surface area contributed by atoms with Gasteiger partial charge in [0.05, 0.1) is 16.1 Å². The number of benzene rings is 1. The molecule has 0 radical (unpaired) electrons. The highest BCUT2D eigenvalue weighted by atomic mass is 35.5. The van der Waals surface area contributed by atoms with Gasteiger partial charge in [-0.25, -0.2) is 0 Å². The van der Waals surface area contributed by atoms with Crippen molar-refractivity contribution in [2.75, 3.05) is 13.2 Å². The first kappa shape index (κ1) is 16.1. The van der Waals surface area contributed by atoms with Gasteiger partial charge in [-0.1, -0.05) is 49.2 Å². The minimum absolute atomic E-state index is 0.0958. The van der Waals surface area contributed by atoms with Gasteiger partial charge in [0, 0.05) is 24.6 Å². The molecule has 4 heteroatoms. The average Bonchev–Trinajstić information content (AvgIpc) is 2.75. The average molecular weight is 316 g/mol. The molecule has 2 unspecified atom stereocenters. The van der Waals surface area contributed by atoms with Gasteiger partial charge >= 0.3 is 0 Å². The molecule has 2 rings (SSSR count). The summed E-state index contributed by atoms with van der Waals surface area (Å²) in [5, 5.41) is 4.86. The van der Waals surface area contributed by atoms with Gasteiger partial charge < -0.3 is 10.1 Å². The van der Waals surface area contributed by atoms with Crippen LogP contribution < -0.4 is 5.32 Å². The van der Waals surface area contributed by atoms with Crippen molar-refractivity contribution in [1.29, 1.82) is 0 Å². The van der Waals surface area contributed by atoms with E-state index < -0.39 is 0 Å². The van der Waals surface area contributed by atoms with Crippen molar-refractivity contribution in [2.45, 2.75) is 45.8 Å². The molecule has 1 saturated heterocycles. The maximum Gasteiger partial charge on any atom is 0.0624 e. The van der Waals surface area contributed by atoms with E-state index in [1.54, 1.807) is 0 Å². The van der Waals surface area contributed by atoms with E-state index in [1.165, 1.54) is 0 Å². The molecule has 0 bridgehead atoms. The Kier molecular flexibility index (Phi) is 5.36. The second-order valence-corrected chi connectivity index (χ2v) is 6.84. The van der Waals surface area contributed by atoms with Gasteiger partial charge in [-0.15, -0.1) is 0 Å². The number of ether oxygens (including phenoxy) is 1. The zero-order valence-electron chi connectivity index (χ0n) is 12.4. The highest BCUT2D eigenvalue weighted by Crippen LogP contribution is 2.40. The first-order valence-corrected chi connectivity index (χ1v) is 7.98. The Morgan fingerprint density at radius 1 is 1.40 bits per heavy atom. The Morgan fingerprint density at radius 3 is 2.75 bits per heavy atom. The molecule has 0 spiro atoms. The van der Waals surface area contributed by atoms with Crippen LogP contribution in [0.5, 0.6) is 0 Å². The molecule has 2 nitrogen and oxygen atoms in total. The molecule has 0 amide bonds. The fraction of sp³-hybridized carbons (Fsp3) is 0.625. The lowest BCUT2D eigenvalue weighted by atomic mass is 9.76. The van der Waals surface area contributed by atoms with Crippen LogP contribution in [0.2, 0.25) is 10.0 Å². The van der Waals surface area contributed by atoms with Crippen molar-refractivity contribution in [1.82, 2.24) is 5.32 Å². The molecule has 1 heterocycles. The fourth-order valence-electron chi connectivity index (χ4n) is 2.82. The third-order valence-electron chi connectivity index (χ3n) is 4.27. The van der Waals surface area contributed by atoms with Crippen LogP contribution >= 0.6 is 23.2 Å². The number of hydrogen-bond acceptors (Lipinski definition) is 2. The van der Waals surface area contributed by atoms with Crippen molar-refractivity contribution >= 4 is 23.2 Å². The molecular formula is C16H23Cl2NO. The molecule has 1 fully saturated rings. The quantitative estimate of drug-likeness (QED) is 0.873. The summed E-state index contributed by atoms with van der Waals surface area (Å²) in [6, 6.07) is 6.33. The Hall–Kier alpha value is -0.280. The summed E-state index contributed by atoms with van der Waals surface area (Å²) in [5.74, 6) is 0. The summed E-state index contributed by atoms with van der Waals surface area (Å²) in [5.41, 5.74) is 1.21. The van der Waals surface area contributed by atoms with Crippen LogP contribution in [0.1, 0.15) is 32.8 Å². The Labute approximate surface area is 131 Å². The van der Waals surface area contributed by atoms with Crippen LogP contribution in [0.15, 0.2) is 18.2 Å². The van der Waals surface area contributed by atoms with Gasteiger partial charge in [-0.05, 0) is 31.4 Å². The fourth-order valence-corrected chi connectivity index (χ4v) is 3.20. The number of nitrogens with one attached hydrogen (secondary N) is 1. The van der Waals surface area contributed by atoms with E-state index in [-0.39, 0.29) is 11.5 Å². The van der Waals surface area contributed by atoms with Crippen molar-refractivity contribution in [3.8, 4) is 0 Å². The van der Waals surface area contributed by atoms with Crippen LogP contribution in [0, 0.1) is 5.41 Å². The van der Waals surface area contributed by atoms with E-state index in [4.69, 9.17) is 27.9 Å². The molecule has 1 aromatic carbocycles. The first-order valence-electron chi connectivity index (χ1n) is 7.22. The Morgan fingerprint density at radius 2 is 2.15 bits per heavy atom. The van der Waals surface area contributed by atoms with Crippen molar-refractivity contribution in [3.63, 3.8) is 0 Å². The monoisotopic (exact) mass is 315 g/mol. The number of halogens is 2. The predicted octanol–water partition coefficient (Wildman–Crippen LogP) is 4.33. The van der Waals surface area contributed by atoms with Gasteiger partial charge in [0.2, 0.25) is 0 Å². The largest absolute Gasteiger partial charge is 0.378 e. The maximum absolute atomic E-state index is 6.35. The molecule has 1 N–H and O–H groups in total. The van der Waals surface area contributed by atoms with E-state index in [1.807, 2.05) is 12.1 Å². The van der Waals surface area contributed by atoms with E-state index in [0.717, 1.165) is 31.6 Å². The van der Waals surface area contributed by atoms with Crippen LogP contribution in [0.25, 0.3) is 0 Å². The normalized spacial score (nSPS) is 26.4.